The third-order valence-corrected chi connectivity index (χ3v) is 4.76. The van der Waals surface area contributed by atoms with Crippen LogP contribution in [0.5, 0.6) is 0 Å². The SMILES string of the molecule is O=C(O)CCC(=O)Nc1nc2c(ncn2[C@@H]2O[C@H](COP(=O)(O)O)[C@@H](O)[C@H]2O)c(=O)[nH]1. The van der Waals surface area contributed by atoms with Crippen molar-refractivity contribution in [3.05, 3.63) is 16.7 Å². The van der Waals surface area contributed by atoms with Crippen molar-refractivity contribution >= 4 is 36.8 Å². The zero-order chi connectivity index (χ0) is 22.9. The van der Waals surface area contributed by atoms with Gasteiger partial charge in [-0.15, -0.1) is 0 Å². The molecule has 3 rings (SSSR count). The van der Waals surface area contributed by atoms with Gasteiger partial charge in [-0.05, 0) is 0 Å². The van der Waals surface area contributed by atoms with Gasteiger partial charge < -0.3 is 29.8 Å². The average molecular weight is 463 g/mol. The number of aromatic nitrogens is 4. The van der Waals surface area contributed by atoms with Gasteiger partial charge in [-0.2, -0.15) is 4.98 Å². The van der Waals surface area contributed by atoms with Crippen molar-refractivity contribution in [2.45, 2.75) is 37.4 Å². The highest BCUT2D eigenvalue weighted by atomic mass is 31.2. The van der Waals surface area contributed by atoms with Crippen LogP contribution in [-0.2, 0) is 23.4 Å². The average Bonchev–Trinajstić information content (AvgIpc) is 3.20. The van der Waals surface area contributed by atoms with Crippen LogP contribution in [0.25, 0.3) is 11.2 Å². The first-order valence-electron chi connectivity index (χ1n) is 8.66. The van der Waals surface area contributed by atoms with Gasteiger partial charge in [0.25, 0.3) is 5.56 Å². The molecular formula is C14H18N5O11P. The number of aliphatic hydroxyl groups excluding tert-OH is 2. The van der Waals surface area contributed by atoms with Crippen LogP contribution in [-0.4, -0.2) is 81.4 Å². The third kappa shape index (κ3) is 5.31. The zero-order valence-corrected chi connectivity index (χ0v) is 16.4. The van der Waals surface area contributed by atoms with Gasteiger partial charge in [0.2, 0.25) is 11.9 Å². The van der Waals surface area contributed by atoms with E-state index in [1.165, 1.54) is 0 Å². The Kier molecular flexibility index (Phi) is 6.51. The fourth-order valence-corrected chi connectivity index (χ4v) is 3.19. The second kappa shape index (κ2) is 8.80. The van der Waals surface area contributed by atoms with E-state index < -0.39 is 62.8 Å². The van der Waals surface area contributed by atoms with Crippen LogP contribution in [0.3, 0.4) is 0 Å². The maximum absolute atomic E-state index is 12.2. The Balaban J connectivity index is 1.84. The number of carboxylic acid groups (broad SMARTS) is 1. The molecule has 3 heterocycles. The molecule has 1 fully saturated rings. The van der Waals surface area contributed by atoms with Crippen LogP contribution in [0.1, 0.15) is 19.1 Å². The smallest absolute Gasteiger partial charge is 0.469 e. The Hall–Kier alpha value is -2.72. The Morgan fingerprint density at radius 2 is 2.00 bits per heavy atom. The van der Waals surface area contributed by atoms with Gasteiger partial charge >= 0.3 is 13.8 Å². The molecule has 17 heteroatoms. The quantitative estimate of drug-likeness (QED) is 0.203. The lowest BCUT2D eigenvalue weighted by atomic mass is 10.1. The summed E-state index contributed by atoms with van der Waals surface area (Å²) in [6.45, 7) is -0.732. The number of hydrogen-bond donors (Lipinski definition) is 7. The van der Waals surface area contributed by atoms with E-state index in [2.05, 4.69) is 24.8 Å². The van der Waals surface area contributed by atoms with Crippen LogP contribution in [0.2, 0.25) is 0 Å². The number of phosphoric ester groups is 1. The molecule has 2 aromatic heterocycles. The van der Waals surface area contributed by atoms with Crippen LogP contribution < -0.4 is 10.9 Å². The summed E-state index contributed by atoms with van der Waals surface area (Å²) in [6, 6.07) is 0. The second-order valence-corrected chi connectivity index (χ2v) is 7.75. The third-order valence-electron chi connectivity index (χ3n) is 4.27. The van der Waals surface area contributed by atoms with Crippen LogP contribution in [0.15, 0.2) is 11.1 Å². The summed E-state index contributed by atoms with van der Waals surface area (Å²) in [4.78, 5) is 62.3. The molecule has 0 unspecified atom stereocenters. The van der Waals surface area contributed by atoms with Crippen LogP contribution in [0.4, 0.5) is 5.95 Å². The minimum atomic E-state index is -4.85. The topological polar surface area (TPSA) is 246 Å². The number of amides is 1. The van der Waals surface area contributed by atoms with E-state index in [0.717, 1.165) is 10.9 Å². The number of aromatic amines is 1. The Morgan fingerprint density at radius 3 is 2.65 bits per heavy atom. The molecule has 0 bridgehead atoms. The highest BCUT2D eigenvalue weighted by molar-refractivity contribution is 7.46. The van der Waals surface area contributed by atoms with Crippen molar-refractivity contribution in [3.63, 3.8) is 0 Å². The lowest BCUT2D eigenvalue weighted by Gasteiger charge is -2.16. The Labute approximate surface area is 171 Å². The van der Waals surface area contributed by atoms with Crippen molar-refractivity contribution < 1.29 is 48.5 Å². The molecule has 0 saturated carbocycles. The van der Waals surface area contributed by atoms with E-state index in [1.54, 1.807) is 0 Å². The lowest BCUT2D eigenvalue weighted by Crippen LogP contribution is -2.33. The van der Waals surface area contributed by atoms with Crippen molar-refractivity contribution in [1.82, 2.24) is 19.5 Å². The number of aliphatic hydroxyl groups is 2. The second-order valence-electron chi connectivity index (χ2n) is 6.51. The molecule has 7 N–H and O–H groups in total. The van der Waals surface area contributed by atoms with Crippen molar-refractivity contribution in [3.8, 4) is 0 Å². The first-order valence-corrected chi connectivity index (χ1v) is 10.2. The summed E-state index contributed by atoms with van der Waals surface area (Å²) in [6.07, 6.45) is -5.58. The Bertz CT molecular complexity index is 1090. The Morgan fingerprint density at radius 1 is 1.29 bits per heavy atom. The number of aliphatic carboxylic acids is 1. The van der Waals surface area contributed by atoms with E-state index in [4.69, 9.17) is 19.6 Å². The molecule has 0 radical (unpaired) electrons. The normalized spacial score (nSPS) is 23.9. The van der Waals surface area contributed by atoms with E-state index in [9.17, 15) is 29.2 Å². The summed E-state index contributed by atoms with van der Waals surface area (Å²) in [7, 11) is -4.85. The highest BCUT2D eigenvalue weighted by Gasteiger charge is 2.45. The number of imidazole rings is 1. The van der Waals surface area contributed by atoms with Crippen LogP contribution >= 0.6 is 7.82 Å². The van der Waals surface area contributed by atoms with Gasteiger partial charge in [0.1, 0.15) is 18.3 Å². The molecule has 1 aliphatic heterocycles. The molecule has 16 nitrogen and oxygen atoms in total. The molecule has 0 spiro atoms. The number of phosphoric acid groups is 1. The number of hydrogen-bond acceptors (Lipinski definition) is 10. The monoisotopic (exact) mass is 463 g/mol. The molecule has 1 aliphatic rings. The molecule has 2 aromatic rings. The molecule has 4 atom stereocenters. The first kappa shape index (κ1) is 23.0. The number of carbonyl (C=O) groups excluding carboxylic acids is 1. The number of nitrogens with one attached hydrogen (secondary N) is 2. The van der Waals surface area contributed by atoms with Gasteiger partial charge in [-0.3, -0.25) is 33.8 Å². The highest BCUT2D eigenvalue weighted by Crippen LogP contribution is 2.38. The van der Waals surface area contributed by atoms with Gasteiger partial charge in [-0.1, -0.05) is 0 Å². The van der Waals surface area contributed by atoms with Crippen molar-refractivity contribution in [1.29, 1.82) is 0 Å². The number of carbonyl (C=O) groups is 2. The minimum absolute atomic E-state index is 0.148. The lowest BCUT2D eigenvalue weighted by molar-refractivity contribution is -0.138. The summed E-state index contributed by atoms with van der Waals surface area (Å²) in [5, 5.41) is 31.2. The van der Waals surface area contributed by atoms with Crippen molar-refractivity contribution in [2.75, 3.05) is 11.9 Å². The van der Waals surface area contributed by atoms with E-state index in [0.29, 0.717) is 0 Å². The molecule has 1 saturated heterocycles. The van der Waals surface area contributed by atoms with E-state index in [1.807, 2.05) is 0 Å². The van der Waals surface area contributed by atoms with Gasteiger partial charge in [0.15, 0.2) is 17.4 Å². The molecule has 0 aromatic carbocycles. The summed E-state index contributed by atoms with van der Waals surface area (Å²) in [5.74, 6) is -2.23. The molecule has 170 valence electrons. The maximum atomic E-state index is 12.2. The summed E-state index contributed by atoms with van der Waals surface area (Å²) in [5.41, 5.74) is -1.10. The fraction of sp³-hybridized carbons (Fsp3) is 0.500. The van der Waals surface area contributed by atoms with Crippen molar-refractivity contribution in [2.24, 2.45) is 0 Å². The number of H-pyrrole nitrogens is 1. The van der Waals surface area contributed by atoms with Crippen LogP contribution in [0, 0.1) is 0 Å². The number of anilines is 1. The molecule has 31 heavy (non-hydrogen) atoms. The predicted octanol–water partition coefficient (Wildman–Crippen LogP) is -2.35. The first-order chi connectivity index (χ1) is 14.5. The van der Waals surface area contributed by atoms with E-state index >= 15 is 0 Å². The summed E-state index contributed by atoms with van der Waals surface area (Å²) >= 11 is 0. The standard InChI is InChI=1S/C14H18N5O11P/c20-6(1-2-7(21)22)16-14-17-11-8(12(25)18-14)15-4-19(11)13-10(24)9(23)5(30-13)3-29-31(26,27)28/h4-5,9-10,13,23-24H,1-3H2,(H,21,22)(H2,26,27,28)(H2,16,17,18,20,25)/t5-,9-,10-,13-/m1/s1. The number of rotatable bonds is 8. The number of ether oxygens (including phenoxy) is 1. The summed E-state index contributed by atoms with van der Waals surface area (Å²) < 4.78 is 21.6. The van der Waals surface area contributed by atoms with Gasteiger partial charge in [0, 0.05) is 6.42 Å². The van der Waals surface area contributed by atoms with Gasteiger partial charge in [0.05, 0.1) is 19.4 Å². The minimum Gasteiger partial charge on any atom is -0.481 e. The number of fused-ring (bicyclic) bond motifs is 1. The number of nitrogens with zero attached hydrogens (tertiary/aromatic N) is 3. The largest absolute Gasteiger partial charge is 0.481 e. The zero-order valence-electron chi connectivity index (χ0n) is 15.5. The van der Waals surface area contributed by atoms with Gasteiger partial charge in [-0.25, -0.2) is 9.55 Å². The molecular weight excluding hydrogens is 445 g/mol. The molecule has 1 amide bonds. The fourth-order valence-electron chi connectivity index (χ4n) is 2.85. The molecule has 0 aliphatic carbocycles. The van der Waals surface area contributed by atoms with E-state index in [-0.39, 0.29) is 23.5 Å². The predicted molar refractivity (Wildman–Crippen MR) is 97.6 cm³/mol. The number of carboxylic acids is 1. The maximum Gasteiger partial charge on any atom is 0.469 e.